The summed E-state index contributed by atoms with van der Waals surface area (Å²) in [5.74, 6) is 0.750. The number of rotatable bonds is 7. The largest absolute Gasteiger partial charge is 0.444 e. The van der Waals surface area contributed by atoms with E-state index in [4.69, 9.17) is 9.47 Å². The molecule has 1 unspecified atom stereocenters. The smallest absolute Gasteiger partial charge is 0.410 e. The molecule has 0 aromatic rings. The molecular formula is C18H36N4O3. The predicted octanol–water partition coefficient (Wildman–Crippen LogP) is 2.37. The van der Waals surface area contributed by atoms with Gasteiger partial charge in [-0.25, -0.2) is 4.79 Å². The molecule has 1 atom stereocenters. The van der Waals surface area contributed by atoms with Crippen LogP contribution in [0.3, 0.4) is 0 Å². The average Bonchev–Trinajstić information content (AvgIpc) is 2.94. The number of nitrogens with zero attached hydrogens (tertiary/aromatic N) is 2. The van der Waals surface area contributed by atoms with Crippen LogP contribution in [0.4, 0.5) is 4.79 Å². The molecule has 7 nitrogen and oxygen atoms in total. The summed E-state index contributed by atoms with van der Waals surface area (Å²) in [6.45, 7) is 15.7. The van der Waals surface area contributed by atoms with E-state index in [-0.39, 0.29) is 11.7 Å². The Morgan fingerprint density at radius 1 is 1.32 bits per heavy atom. The maximum absolute atomic E-state index is 12.1. The molecule has 1 saturated heterocycles. The molecule has 2 N–H and O–H groups in total. The van der Waals surface area contributed by atoms with Gasteiger partial charge in [0.1, 0.15) is 5.60 Å². The first-order valence-corrected chi connectivity index (χ1v) is 9.33. The van der Waals surface area contributed by atoms with E-state index in [1.54, 1.807) is 4.90 Å². The average molecular weight is 357 g/mol. The molecule has 25 heavy (non-hydrogen) atoms. The van der Waals surface area contributed by atoms with Crippen molar-refractivity contribution in [1.29, 1.82) is 0 Å². The first-order chi connectivity index (χ1) is 11.7. The third-order valence-electron chi connectivity index (χ3n) is 3.92. The van der Waals surface area contributed by atoms with E-state index < -0.39 is 5.60 Å². The van der Waals surface area contributed by atoms with E-state index in [1.165, 1.54) is 0 Å². The summed E-state index contributed by atoms with van der Waals surface area (Å²) in [6.07, 6.45) is 1.85. The minimum atomic E-state index is -0.481. The molecule has 1 aliphatic rings. The Bertz CT molecular complexity index is 440. The quantitative estimate of drug-likeness (QED) is 0.541. The van der Waals surface area contributed by atoms with Gasteiger partial charge in [-0.05, 0) is 54.4 Å². The first kappa shape index (κ1) is 21.5. The van der Waals surface area contributed by atoms with Gasteiger partial charge in [0.2, 0.25) is 0 Å². The van der Waals surface area contributed by atoms with E-state index in [1.807, 2.05) is 34.6 Å². The molecule has 1 rings (SSSR count). The van der Waals surface area contributed by atoms with Crippen molar-refractivity contribution in [3.8, 4) is 0 Å². The number of carbonyl (C=O) groups is 1. The molecule has 0 aliphatic carbocycles. The lowest BCUT2D eigenvalue weighted by Crippen LogP contribution is -2.44. The number of guanidine groups is 1. The summed E-state index contributed by atoms with van der Waals surface area (Å²) < 4.78 is 11.2. The van der Waals surface area contributed by atoms with E-state index in [0.29, 0.717) is 26.2 Å². The summed E-state index contributed by atoms with van der Waals surface area (Å²) in [4.78, 5) is 18.5. The van der Waals surface area contributed by atoms with Crippen LogP contribution < -0.4 is 10.6 Å². The Hall–Kier alpha value is -1.50. The number of nitrogens with one attached hydrogen (secondary N) is 2. The fourth-order valence-electron chi connectivity index (χ4n) is 2.56. The lowest BCUT2D eigenvalue weighted by Gasteiger charge is -2.27. The van der Waals surface area contributed by atoms with E-state index in [2.05, 4.69) is 22.5 Å². The van der Waals surface area contributed by atoms with Crippen LogP contribution in [0.5, 0.6) is 0 Å². The fourth-order valence-corrected chi connectivity index (χ4v) is 2.56. The summed E-state index contributed by atoms with van der Waals surface area (Å²) in [7, 11) is 0. The van der Waals surface area contributed by atoms with Crippen LogP contribution in [-0.2, 0) is 9.47 Å². The van der Waals surface area contributed by atoms with Crippen LogP contribution in [0, 0.1) is 0 Å². The van der Waals surface area contributed by atoms with Crippen LogP contribution in [0.1, 0.15) is 54.4 Å². The van der Waals surface area contributed by atoms with Crippen molar-refractivity contribution in [3.63, 3.8) is 0 Å². The minimum Gasteiger partial charge on any atom is -0.444 e. The molecule has 0 radical (unpaired) electrons. The number of carbonyl (C=O) groups excluding carboxylic acids is 1. The van der Waals surface area contributed by atoms with Gasteiger partial charge in [0.15, 0.2) is 5.96 Å². The number of hydrogen-bond donors (Lipinski definition) is 2. The Kier molecular flexibility index (Phi) is 8.48. The molecule has 0 aromatic heterocycles. The minimum absolute atomic E-state index is 0.158. The topological polar surface area (TPSA) is 75.2 Å². The van der Waals surface area contributed by atoms with E-state index in [0.717, 1.165) is 32.0 Å². The van der Waals surface area contributed by atoms with Crippen molar-refractivity contribution in [1.82, 2.24) is 15.5 Å². The van der Waals surface area contributed by atoms with Gasteiger partial charge in [-0.15, -0.1) is 0 Å². The van der Waals surface area contributed by atoms with Crippen molar-refractivity contribution in [3.05, 3.63) is 0 Å². The highest BCUT2D eigenvalue weighted by atomic mass is 16.6. The second kappa shape index (κ2) is 9.85. The van der Waals surface area contributed by atoms with Crippen molar-refractivity contribution >= 4 is 12.1 Å². The summed E-state index contributed by atoms with van der Waals surface area (Å²) in [6, 6.07) is 0. The van der Waals surface area contributed by atoms with Crippen LogP contribution in [0.2, 0.25) is 0 Å². The van der Waals surface area contributed by atoms with Gasteiger partial charge in [0, 0.05) is 32.8 Å². The summed E-state index contributed by atoms with van der Waals surface area (Å²) in [5, 5.41) is 6.51. The normalized spacial score (nSPS) is 21.1. The van der Waals surface area contributed by atoms with Crippen LogP contribution in [0.25, 0.3) is 0 Å². The van der Waals surface area contributed by atoms with E-state index >= 15 is 0 Å². The third kappa shape index (κ3) is 8.43. The van der Waals surface area contributed by atoms with Gasteiger partial charge in [0.25, 0.3) is 0 Å². The Morgan fingerprint density at radius 3 is 2.56 bits per heavy atom. The zero-order valence-electron chi connectivity index (χ0n) is 16.8. The maximum Gasteiger partial charge on any atom is 0.410 e. The third-order valence-corrected chi connectivity index (χ3v) is 3.92. The maximum atomic E-state index is 12.1. The molecule has 1 fully saturated rings. The number of ether oxygens (including phenoxy) is 2. The van der Waals surface area contributed by atoms with Gasteiger partial charge in [-0.3, -0.25) is 4.99 Å². The van der Waals surface area contributed by atoms with Crippen molar-refractivity contribution in [2.75, 3.05) is 39.3 Å². The van der Waals surface area contributed by atoms with Crippen LogP contribution >= 0.6 is 0 Å². The second-order valence-electron chi connectivity index (χ2n) is 7.58. The number of amides is 1. The molecular weight excluding hydrogens is 320 g/mol. The van der Waals surface area contributed by atoms with Crippen molar-refractivity contribution in [2.45, 2.75) is 65.6 Å². The Balaban J connectivity index is 2.48. The van der Waals surface area contributed by atoms with Gasteiger partial charge < -0.3 is 25.0 Å². The summed E-state index contributed by atoms with van der Waals surface area (Å²) >= 11 is 0. The van der Waals surface area contributed by atoms with Crippen molar-refractivity contribution in [2.24, 2.45) is 4.99 Å². The van der Waals surface area contributed by atoms with Gasteiger partial charge >= 0.3 is 6.09 Å². The zero-order valence-corrected chi connectivity index (χ0v) is 16.8. The molecule has 0 saturated carbocycles. The number of hydrogen-bond acceptors (Lipinski definition) is 4. The predicted molar refractivity (Wildman–Crippen MR) is 101 cm³/mol. The monoisotopic (exact) mass is 356 g/mol. The first-order valence-electron chi connectivity index (χ1n) is 9.33. The molecule has 1 aliphatic heterocycles. The van der Waals surface area contributed by atoms with Crippen LogP contribution in [0.15, 0.2) is 4.99 Å². The lowest BCUT2D eigenvalue weighted by molar-refractivity contribution is 0.0264. The summed E-state index contributed by atoms with van der Waals surface area (Å²) in [5.41, 5.74) is -0.640. The zero-order chi connectivity index (χ0) is 18.9. The highest BCUT2D eigenvalue weighted by Gasteiger charge is 2.29. The van der Waals surface area contributed by atoms with Gasteiger partial charge in [-0.2, -0.15) is 0 Å². The fraction of sp³-hybridized carbons (Fsp3) is 0.889. The van der Waals surface area contributed by atoms with Crippen LogP contribution in [-0.4, -0.2) is 67.5 Å². The molecule has 7 heteroatoms. The SMILES string of the molecule is CCNC(=NCC1(C)CCCO1)NCCN(CC)C(=O)OC(C)(C)C. The highest BCUT2D eigenvalue weighted by molar-refractivity contribution is 5.79. The number of aliphatic imine (C=N–C) groups is 1. The molecule has 0 bridgehead atoms. The lowest BCUT2D eigenvalue weighted by atomic mass is 10.0. The van der Waals surface area contributed by atoms with Gasteiger partial charge in [-0.1, -0.05) is 0 Å². The Morgan fingerprint density at radius 2 is 2.04 bits per heavy atom. The Labute approximate surface area is 152 Å². The molecule has 146 valence electrons. The van der Waals surface area contributed by atoms with E-state index in [9.17, 15) is 4.79 Å². The van der Waals surface area contributed by atoms with Gasteiger partial charge in [0.05, 0.1) is 12.1 Å². The molecule has 1 amide bonds. The molecule has 1 heterocycles. The number of likely N-dealkylation sites (N-methyl/N-ethyl adjacent to an activating group) is 1. The second-order valence-corrected chi connectivity index (χ2v) is 7.58. The van der Waals surface area contributed by atoms with Crippen molar-refractivity contribution < 1.29 is 14.3 Å². The highest BCUT2D eigenvalue weighted by Crippen LogP contribution is 2.24. The molecule has 0 aromatic carbocycles. The molecule has 0 spiro atoms. The standard InChI is InChI=1S/C18H36N4O3/c1-7-19-15(21-14-18(6)10-9-13-24-18)20-11-12-22(8-2)16(23)25-17(3,4)5/h7-14H2,1-6H3,(H2,19,20,21).